The van der Waals surface area contributed by atoms with Gasteiger partial charge in [0.25, 0.3) is 0 Å². The largest absolute Gasteiger partial charge is 0.254 e. The van der Waals surface area contributed by atoms with E-state index in [2.05, 4.69) is 37.5 Å². The fourth-order valence-electron chi connectivity index (χ4n) is 4.46. The van der Waals surface area contributed by atoms with Crippen LogP contribution in [0.4, 0.5) is 0 Å². The summed E-state index contributed by atoms with van der Waals surface area (Å²) in [6.07, 6.45) is 16.4. The van der Waals surface area contributed by atoms with E-state index in [0.717, 1.165) is 50.1 Å². The molecule has 0 fully saturated rings. The highest BCUT2D eigenvalue weighted by molar-refractivity contribution is 7.94. The third kappa shape index (κ3) is 8.66. The normalized spacial score (nSPS) is 12.5. The zero-order valence-electron chi connectivity index (χ0n) is 24.6. The van der Waals surface area contributed by atoms with Crippen molar-refractivity contribution < 1.29 is 12.6 Å². The van der Waals surface area contributed by atoms with Gasteiger partial charge in [-0.3, -0.25) is 12.6 Å². The van der Waals surface area contributed by atoms with Crippen LogP contribution >= 0.6 is 0 Å². The molecule has 3 atom stereocenters. The quantitative estimate of drug-likeness (QED) is 0.152. The van der Waals surface area contributed by atoms with E-state index in [-0.39, 0.29) is 17.3 Å². The van der Waals surface area contributed by atoms with Crippen molar-refractivity contribution in [2.45, 2.75) is 17.3 Å². The first kappa shape index (κ1) is 33.1. The maximum atomic E-state index is 13.4. The predicted octanol–water partition coefficient (Wildman–Crippen LogP) is 7.39. The summed E-state index contributed by atoms with van der Waals surface area (Å²) >= 11 is 0. The van der Waals surface area contributed by atoms with Crippen molar-refractivity contribution in [3.8, 4) is 37.0 Å². The van der Waals surface area contributed by atoms with Crippen LogP contribution in [0.5, 0.6) is 0 Å². The number of rotatable bonds is 12. The van der Waals surface area contributed by atoms with Gasteiger partial charge in [-0.1, -0.05) is 92.1 Å². The average molecular weight is 643 g/mol. The molecule has 0 aliphatic rings. The van der Waals surface area contributed by atoms with E-state index in [4.69, 9.17) is 19.3 Å². The minimum Gasteiger partial charge on any atom is -0.254 e. The molecular weight excluding hydrogens is 613 g/mol. The standard InChI is InChI=1S/C39H30O3S3/c1-7-31-10-16-37(17-11-31)28(4)43(40)25-34-22-35(26-44(41)29(5)38-18-12-32(8-2)13-19-38)24-36(23-34)27-45(42)30(6)39-20-14-33(9-3)15-21-39/h1-3,10-24H,4-6,25-27H2. The van der Waals surface area contributed by atoms with Crippen molar-refractivity contribution >= 4 is 47.1 Å². The minimum atomic E-state index is -1.47. The molecule has 0 aliphatic heterocycles. The number of terminal acetylenes is 3. The highest BCUT2D eigenvalue weighted by Crippen LogP contribution is 2.26. The molecule has 4 rings (SSSR count). The predicted molar refractivity (Wildman–Crippen MR) is 192 cm³/mol. The summed E-state index contributed by atoms with van der Waals surface area (Å²) in [6, 6.07) is 27.1. The van der Waals surface area contributed by atoms with E-state index in [0.29, 0.717) is 14.7 Å². The lowest BCUT2D eigenvalue weighted by Gasteiger charge is -2.13. The zero-order valence-corrected chi connectivity index (χ0v) is 27.0. The summed E-state index contributed by atoms with van der Waals surface area (Å²) in [5, 5.41) is 0. The van der Waals surface area contributed by atoms with E-state index in [9.17, 15) is 12.6 Å². The van der Waals surface area contributed by atoms with Crippen LogP contribution in [0.15, 0.2) is 111 Å². The second kappa shape index (κ2) is 15.3. The topological polar surface area (TPSA) is 51.2 Å². The minimum absolute atomic E-state index is 0.166. The molecule has 6 heteroatoms. The van der Waals surface area contributed by atoms with Gasteiger partial charge in [-0.05, 0) is 69.8 Å². The maximum absolute atomic E-state index is 13.4. The van der Waals surface area contributed by atoms with Crippen molar-refractivity contribution in [1.82, 2.24) is 0 Å². The van der Waals surface area contributed by atoms with Crippen LogP contribution in [0.2, 0.25) is 0 Å². The Bertz CT molecular complexity index is 1730. The van der Waals surface area contributed by atoms with Gasteiger partial charge < -0.3 is 0 Å². The average Bonchev–Trinajstić information content (AvgIpc) is 3.07. The molecule has 0 radical (unpaired) electrons. The van der Waals surface area contributed by atoms with Gasteiger partial charge in [0.05, 0.1) is 49.7 Å². The monoisotopic (exact) mass is 642 g/mol. The van der Waals surface area contributed by atoms with Crippen LogP contribution in [-0.2, 0) is 49.7 Å². The lowest BCUT2D eigenvalue weighted by atomic mass is 10.1. The Hall–Kier alpha value is -4.77. The van der Waals surface area contributed by atoms with Crippen molar-refractivity contribution in [2.75, 3.05) is 0 Å². The van der Waals surface area contributed by atoms with Crippen molar-refractivity contribution in [3.05, 3.63) is 161 Å². The molecule has 3 unspecified atom stereocenters. The smallest absolute Gasteiger partial charge is 0.0574 e. The van der Waals surface area contributed by atoms with Crippen LogP contribution < -0.4 is 0 Å². The summed E-state index contributed by atoms with van der Waals surface area (Å²) in [6.45, 7) is 12.2. The second-order valence-corrected chi connectivity index (χ2v) is 14.5. The van der Waals surface area contributed by atoms with Gasteiger partial charge in [-0.15, -0.1) is 19.3 Å². The van der Waals surface area contributed by atoms with Gasteiger partial charge in [0.1, 0.15) is 0 Å². The van der Waals surface area contributed by atoms with E-state index in [1.807, 2.05) is 18.2 Å². The van der Waals surface area contributed by atoms with Gasteiger partial charge in [0.15, 0.2) is 0 Å². The molecule has 0 aromatic heterocycles. The fraction of sp³-hybridized carbons (Fsp3) is 0.0769. The van der Waals surface area contributed by atoms with Gasteiger partial charge in [-0.2, -0.15) is 0 Å². The van der Waals surface area contributed by atoms with E-state index in [1.54, 1.807) is 72.8 Å². The van der Waals surface area contributed by atoms with Crippen molar-refractivity contribution in [2.24, 2.45) is 0 Å². The van der Waals surface area contributed by atoms with Crippen molar-refractivity contribution in [1.29, 1.82) is 0 Å². The van der Waals surface area contributed by atoms with Crippen LogP contribution in [0, 0.1) is 37.0 Å². The third-order valence-electron chi connectivity index (χ3n) is 6.95. The maximum Gasteiger partial charge on any atom is 0.0574 e. The number of hydrogen-bond donors (Lipinski definition) is 0. The molecule has 0 saturated carbocycles. The third-order valence-corrected chi connectivity index (χ3v) is 11.1. The summed E-state index contributed by atoms with van der Waals surface area (Å²) < 4.78 is 40.3. The molecule has 0 saturated heterocycles. The van der Waals surface area contributed by atoms with Gasteiger partial charge in [0.2, 0.25) is 0 Å². The summed E-state index contributed by atoms with van der Waals surface area (Å²) in [7, 11) is -4.40. The Morgan fingerprint density at radius 3 is 0.889 bits per heavy atom. The highest BCUT2D eigenvalue weighted by atomic mass is 32.2. The van der Waals surface area contributed by atoms with Crippen LogP contribution in [0.25, 0.3) is 14.7 Å². The summed E-state index contributed by atoms with van der Waals surface area (Å²) in [4.78, 5) is 1.39. The number of benzene rings is 4. The molecule has 0 spiro atoms. The van der Waals surface area contributed by atoms with Crippen LogP contribution in [-0.4, -0.2) is 12.6 Å². The molecule has 0 heterocycles. The highest BCUT2D eigenvalue weighted by Gasteiger charge is 2.16. The SMILES string of the molecule is C#Cc1ccc(C(=C)S(=O)Cc2cc(CS(=O)C(=C)c3ccc(C#C)cc3)cc(CS(=O)C(=C)c3ccc(C#C)cc3)c2)cc1. The summed E-state index contributed by atoms with van der Waals surface area (Å²) in [5.41, 5.74) is 6.56. The first-order chi connectivity index (χ1) is 21.6. The van der Waals surface area contributed by atoms with E-state index < -0.39 is 32.4 Å². The van der Waals surface area contributed by atoms with Gasteiger partial charge in [-0.25, -0.2) is 0 Å². The Labute approximate surface area is 273 Å². The van der Waals surface area contributed by atoms with Gasteiger partial charge in [0, 0.05) is 31.4 Å². The van der Waals surface area contributed by atoms with Crippen molar-refractivity contribution in [3.63, 3.8) is 0 Å². The first-order valence-corrected chi connectivity index (χ1v) is 17.6. The molecule has 0 amide bonds. The molecular formula is C39H30O3S3. The fourth-order valence-corrected chi connectivity index (χ4v) is 7.58. The van der Waals surface area contributed by atoms with Crippen LogP contribution in [0.1, 0.15) is 50.1 Å². The van der Waals surface area contributed by atoms with Gasteiger partial charge >= 0.3 is 0 Å². The molecule has 0 aliphatic carbocycles. The molecule has 45 heavy (non-hydrogen) atoms. The van der Waals surface area contributed by atoms with Crippen LogP contribution in [0.3, 0.4) is 0 Å². The molecule has 0 N–H and O–H groups in total. The Kier molecular flexibility index (Phi) is 11.3. The first-order valence-electron chi connectivity index (χ1n) is 13.7. The Balaban J connectivity index is 1.60. The zero-order chi connectivity index (χ0) is 32.5. The Morgan fingerprint density at radius 2 is 0.689 bits per heavy atom. The molecule has 0 bridgehead atoms. The molecule has 3 nitrogen and oxygen atoms in total. The molecule has 4 aromatic rings. The van der Waals surface area contributed by atoms with E-state index in [1.165, 1.54) is 0 Å². The van der Waals surface area contributed by atoms with E-state index >= 15 is 0 Å². The molecule has 222 valence electrons. The lowest BCUT2D eigenvalue weighted by molar-refractivity contribution is 0.688. The molecule has 4 aromatic carbocycles. The Morgan fingerprint density at radius 1 is 0.467 bits per heavy atom. The lowest BCUT2D eigenvalue weighted by Crippen LogP contribution is -2.05. The number of hydrogen-bond acceptors (Lipinski definition) is 3. The second-order valence-electron chi connectivity index (χ2n) is 10.1. The summed E-state index contributed by atoms with van der Waals surface area (Å²) in [5.74, 6) is 8.20.